The Morgan fingerprint density at radius 2 is 1.71 bits per heavy atom. The number of rotatable bonds is 5. The monoisotopic (exact) mass is 570 g/mol. The number of fused-ring (bicyclic) bond motifs is 2. The van der Waals surface area contributed by atoms with Gasteiger partial charge in [-0.05, 0) is 74.2 Å². The molecule has 9 heteroatoms. The second-order valence-corrected chi connectivity index (χ2v) is 9.51. The fourth-order valence-electron chi connectivity index (χ4n) is 4.30. The summed E-state index contributed by atoms with van der Waals surface area (Å²) in [5.74, 6) is 0.0129. The maximum atomic E-state index is 13.2. The number of benzene rings is 4. The van der Waals surface area contributed by atoms with Crippen molar-refractivity contribution in [1.29, 1.82) is 0 Å². The van der Waals surface area contributed by atoms with Gasteiger partial charge < -0.3 is 14.2 Å². The van der Waals surface area contributed by atoms with E-state index in [2.05, 4.69) is 45.5 Å². The van der Waals surface area contributed by atoms with Gasteiger partial charge in [-0.2, -0.15) is 0 Å². The highest BCUT2D eigenvalue weighted by Gasteiger charge is 2.37. The van der Waals surface area contributed by atoms with Gasteiger partial charge in [0.15, 0.2) is 11.5 Å². The topological polar surface area (TPSA) is 94.2 Å². The van der Waals surface area contributed by atoms with Gasteiger partial charge in [-0.1, -0.05) is 42.5 Å². The lowest BCUT2D eigenvalue weighted by molar-refractivity contribution is -0.122. The van der Waals surface area contributed by atoms with Gasteiger partial charge in [0, 0.05) is 6.07 Å². The van der Waals surface area contributed by atoms with E-state index in [0.717, 1.165) is 21.2 Å². The predicted octanol–water partition coefficient (Wildman–Crippen LogP) is 5.58. The van der Waals surface area contributed by atoms with Crippen LogP contribution < -0.4 is 24.4 Å². The molecule has 0 unspecified atom stereocenters. The third-order valence-electron chi connectivity index (χ3n) is 6.19. The van der Waals surface area contributed by atoms with Gasteiger partial charge in [-0.25, -0.2) is 9.69 Å². The standard InChI is InChI=1S/C29H19BrN2O6/c30-23-13-17(6-9-24(23)36-15-18-5-7-19-3-1-2-4-20(19)11-18)12-22-27(33)31-29(35)32(28(22)34)21-8-10-25-26(14-21)38-16-37-25/h1-14H,15-16H2,(H,31,33,35)/b22-12+. The van der Waals surface area contributed by atoms with Gasteiger partial charge in [0.2, 0.25) is 6.79 Å². The Morgan fingerprint density at radius 3 is 2.55 bits per heavy atom. The van der Waals surface area contributed by atoms with Crippen molar-refractivity contribution in [1.82, 2.24) is 5.32 Å². The quantitative estimate of drug-likeness (QED) is 0.249. The van der Waals surface area contributed by atoms with Crippen LogP contribution in [0.5, 0.6) is 17.2 Å². The molecule has 0 aliphatic carbocycles. The first-order valence-corrected chi connectivity index (χ1v) is 12.5. The van der Waals surface area contributed by atoms with Crippen molar-refractivity contribution in [3.63, 3.8) is 0 Å². The van der Waals surface area contributed by atoms with Crippen molar-refractivity contribution in [3.05, 3.63) is 100 Å². The van der Waals surface area contributed by atoms with Crippen molar-refractivity contribution in [2.75, 3.05) is 11.7 Å². The van der Waals surface area contributed by atoms with Crippen LogP contribution in [0.3, 0.4) is 0 Å². The van der Waals surface area contributed by atoms with Gasteiger partial charge in [0.25, 0.3) is 11.8 Å². The van der Waals surface area contributed by atoms with E-state index in [-0.39, 0.29) is 18.1 Å². The molecule has 4 aromatic rings. The molecule has 1 fully saturated rings. The summed E-state index contributed by atoms with van der Waals surface area (Å²) in [5, 5.41) is 4.52. The number of urea groups is 1. The zero-order chi connectivity index (χ0) is 26.2. The van der Waals surface area contributed by atoms with Crippen LogP contribution in [-0.4, -0.2) is 24.6 Å². The highest BCUT2D eigenvalue weighted by Crippen LogP contribution is 2.36. The van der Waals surface area contributed by atoms with Crippen LogP contribution in [0.15, 0.2) is 88.9 Å². The van der Waals surface area contributed by atoms with Crippen LogP contribution in [0.1, 0.15) is 11.1 Å². The highest BCUT2D eigenvalue weighted by molar-refractivity contribution is 9.10. The van der Waals surface area contributed by atoms with E-state index in [9.17, 15) is 14.4 Å². The molecule has 0 radical (unpaired) electrons. The number of ether oxygens (including phenoxy) is 3. The number of hydrogen-bond acceptors (Lipinski definition) is 6. The molecule has 2 heterocycles. The fourth-order valence-corrected chi connectivity index (χ4v) is 4.81. The predicted molar refractivity (Wildman–Crippen MR) is 144 cm³/mol. The molecule has 2 aliphatic rings. The van der Waals surface area contributed by atoms with Crippen LogP contribution in [0.4, 0.5) is 10.5 Å². The van der Waals surface area contributed by atoms with Crippen LogP contribution in [0.2, 0.25) is 0 Å². The van der Waals surface area contributed by atoms with Crippen molar-refractivity contribution in [3.8, 4) is 17.2 Å². The molecule has 4 amide bonds. The maximum Gasteiger partial charge on any atom is 0.335 e. The molecular weight excluding hydrogens is 552 g/mol. The summed E-state index contributed by atoms with van der Waals surface area (Å²) in [6.07, 6.45) is 1.43. The Kier molecular flexibility index (Phi) is 6.05. The summed E-state index contributed by atoms with van der Waals surface area (Å²) >= 11 is 3.51. The smallest absolute Gasteiger partial charge is 0.335 e. The molecular formula is C29H19BrN2O6. The number of anilines is 1. The number of amides is 4. The second kappa shape index (κ2) is 9.68. The Labute approximate surface area is 225 Å². The Balaban J connectivity index is 1.21. The lowest BCUT2D eigenvalue weighted by Gasteiger charge is -2.26. The summed E-state index contributed by atoms with van der Waals surface area (Å²) in [5.41, 5.74) is 1.68. The van der Waals surface area contributed by atoms with Crippen LogP contribution in [-0.2, 0) is 16.2 Å². The molecule has 0 atom stereocenters. The fraction of sp³-hybridized carbons (Fsp3) is 0.0690. The molecule has 0 spiro atoms. The van der Waals surface area contributed by atoms with Crippen LogP contribution >= 0.6 is 15.9 Å². The lowest BCUT2D eigenvalue weighted by atomic mass is 10.1. The summed E-state index contributed by atoms with van der Waals surface area (Å²) in [7, 11) is 0. The molecule has 38 heavy (non-hydrogen) atoms. The lowest BCUT2D eigenvalue weighted by Crippen LogP contribution is -2.54. The molecule has 8 nitrogen and oxygen atoms in total. The SMILES string of the molecule is O=C1NC(=O)N(c2ccc3c(c2)OCO3)C(=O)/C1=C/c1ccc(OCc2ccc3ccccc3c2)c(Br)c1. The molecule has 0 aromatic heterocycles. The Bertz CT molecular complexity index is 1660. The van der Waals surface area contributed by atoms with E-state index in [1.807, 2.05) is 18.2 Å². The number of halogens is 1. The minimum atomic E-state index is -0.838. The molecule has 6 rings (SSSR count). The third-order valence-corrected chi connectivity index (χ3v) is 6.81. The van der Waals surface area contributed by atoms with Gasteiger partial charge in [-0.3, -0.25) is 14.9 Å². The van der Waals surface area contributed by atoms with Gasteiger partial charge in [0.1, 0.15) is 17.9 Å². The summed E-state index contributed by atoms with van der Waals surface area (Å²) in [6.45, 7) is 0.427. The average molecular weight is 571 g/mol. The Hall–Kier alpha value is -4.63. The zero-order valence-electron chi connectivity index (χ0n) is 19.8. The van der Waals surface area contributed by atoms with E-state index in [1.54, 1.807) is 30.3 Å². The number of nitrogens with one attached hydrogen (secondary N) is 1. The number of imide groups is 2. The maximum absolute atomic E-state index is 13.2. The first-order chi connectivity index (χ1) is 18.5. The van der Waals surface area contributed by atoms with Crippen molar-refractivity contribution in [2.24, 2.45) is 0 Å². The first-order valence-electron chi connectivity index (χ1n) is 11.7. The molecule has 1 saturated heterocycles. The van der Waals surface area contributed by atoms with Crippen LogP contribution in [0, 0.1) is 0 Å². The van der Waals surface area contributed by atoms with Crippen LogP contribution in [0.25, 0.3) is 16.8 Å². The normalized spacial score (nSPS) is 15.8. The average Bonchev–Trinajstić information content (AvgIpc) is 3.38. The van der Waals surface area contributed by atoms with Gasteiger partial charge in [0.05, 0.1) is 10.2 Å². The van der Waals surface area contributed by atoms with E-state index in [1.165, 1.54) is 12.1 Å². The van der Waals surface area contributed by atoms with Crippen molar-refractivity contribution < 1.29 is 28.6 Å². The van der Waals surface area contributed by atoms with Crippen molar-refractivity contribution in [2.45, 2.75) is 6.61 Å². The van der Waals surface area contributed by atoms with E-state index >= 15 is 0 Å². The largest absolute Gasteiger partial charge is 0.488 e. The van der Waals surface area contributed by atoms with Gasteiger partial charge >= 0.3 is 6.03 Å². The number of carbonyl (C=O) groups excluding carboxylic acids is 3. The van der Waals surface area contributed by atoms with E-state index in [4.69, 9.17) is 14.2 Å². The zero-order valence-corrected chi connectivity index (χ0v) is 21.4. The Morgan fingerprint density at radius 1 is 0.895 bits per heavy atom. The highest BCUT2D eigenvalue weighted by atomic mass is 79.9. The van der Waals surface area contributed by atoms with E-state index < -0.39 is 17.8 Å². The minimum absolute atomic E-state index is 0.0550. The minimum Gasteiger partial charge on any atom is -0.488 e. The summed E-state index contributed by atoms with van der Waals surface area (Å²) < 4.78 is 17.3. The summed E-state index contributed by atoms with van der Waals surface area (Å²) in [6, 6.07) is 23.3. The molecule has 0 saturated carbocycles. The van der Waals surface area contributed by atoms with E-state index in [0.29, 0.717) is 33.9 Å². The number of hydrogen-bond donors (Lipinski definition) is 1. The molecule has 4 aromatic carbocycles. The number of barbiturate groups is 1. The second-order valence-electron chi connectivity index (χ2n) is 8.66. The number of nitrogens with zero attached hydrogens (tertiary/aromatic N) is 1. The van der Waals surface area contributed by atoms with Crippen molar-refractivity contribution >= 4 is 56.3 Å². The molecule has 1 N–H and O–H groups in total. The third kappa shape index (κ3) is 4.48. The molecule has 188 valence electrons. The molecule has 0 bridgehead atoms. The summed E-state index contributed by atoms with van der Waals surface area (Å²) in [4.78, 5) is 39.2. The van der Waals surface area contributed by atoms with Gasteiger partial charge in [-0.15, -0.1) is 0 Å². The first kappa shape index (κ1) is 23.7. The number of carbonyl (C=O) groups is 3. The molecule has 2 aliphatic heterocycles.